The highest BCUT2D eigenvalue weighted by Gasteiger charge is 2.39. The van der Waals surface area contributed by atoms with Gasteiger partial charge in [0.05, 0.1) is 18.7 Å². The fourth-order valence-corrected chi connectivity index (χ4v) is 2.24. The van der Waals surface area contributed by atoms with Crippen LogP contribution < -0.4 is 0 Å². The summed E-state index contributed by atoms with van der Waals surface area (Å²) in [5, 5.41) is 9.56. The minimum atomic E-state index is -0.700. The van der Waals surface area contributed by atoms with Crippen LogP contribution in [0.3, 0.4) is 0 Å². The van der Waals surface area contributed by atoms with Crippen molar-refractivity contribution in [1.29, 1.82) is 0 Å². The molecule has 86 valence electrons. The second-order valence-electron chi connectivity index (χ2n) is 4.39. The van der Waals surface area contributed by atoms with Crippen LogP contribution in [0.2, 0.25) is 0 Å². The molecular formula is C12H15NO2S. The molecule has 0 unspecified atom stereocenters. The van der Waals surface area contributed by atoms with Crippen LogP contribution in [0.15, 0.2) is 29.2 Å². The van der Waals surface area contributed by atoms with E-state index in [1.807, 2.05) is 30.5 Å². The molecule has 0 aliphatic carbocycles. The Labute approximate surface area is 99.5 Å². The Balaban J connectivity index is 2.05. The molecule has 1 aliphatic rings. The number of β-amino-alcohol motifs (C(OH)–C–C–N with tert-alkyl or cyclic N) is 1. The smallest absolute Gasteiger partial charge is 0.254 e. The lowest BCUT2D eigenvalue weighted by molar-refractivity contribution is -0.0668. The van der Waals surface area contributed by atoms with Gasteiger partial charge in [-0.1, -0.05) is 0 Å². The average Bonchev–Trinajstić information content (AvgIpc) is 2.25. The first kappa shape index (κ1) is 11.5. The predicted molar refractivity (Wildman–Crippen MR) is 64.8 cm³/mol. The van der Waals surface area contributed by atoms with Gasteiger partial charge in [-0.15, -0.1) is 11.8 Å². The van der Waals surface area contributed by atoms with Crippen molar-refractivity contribution in [3.63, 3.8) is 0 Å². The van der Waals surface area contributed by atoms with Gasteiger partial charge in [0, 0.05) is 10.5 Å². The van der Waals surface area contributed by atoms with Crippen molar-refractivity contribution in [2.24, 2.45) is 0 Å². The second-order valence-corrected chi connectivity index (χ2v) is 5.27. The highest BCUT2D eigenvalue weighted by Crippen LogP contribution is 2.23. The molecule has 1 aliphatic heterocycles. The summed E-state index contributed by atoms with van der Waals surface area (Å²) < 4.78 is 0. The fraction of sp³-hybridized carbons (Fsp3) is 0.417. The number of carbonyl (C=O) groups is 1. The Kier molecular flexibility index (Phi) is 2.95. The van der Waals surface area contributed by atoms with Gasteiger partial charge in [-0.2, -0.15) is 0 Å². The number of amides is 1. The van der Waals surface area contributed by atoms with Gasteiger partial charge in [0.2, 0.25) is 0 Å². The Morgan fingerprint density at radius 1 is 1.38 bits per heavy atom. The second kappa shape index (κ2) is 4.11. The van der Waals surface area contributed by atoms with Crippen LogP contribution in [0.1, 0.15) is 17.3 Å². The zero-order valence-corrected chi connectivity index (χ0v) is 10.3. The van der Waals surface area contributed by atoms with Crippen molar-refractivity contribution in [2.45, 2.75) is 17.4 Å². The van der Waals surface area contributed by atoms with E-state index in [9.17, 15) is 9.90 Å². The summed E-state index contributed by atoms with van der Waals surface area (Å²) in [4.78, 5) is 14.7. The van der Waals surface area contributed by atoms with E-state index < -0.39 is 5.60 Å². The molecule has 0 spiro atoms. The Hall–Kier alpha value is -1.00. The highest BCUT2D eigenvalue weighted by molar-refractivity contribution is 7.98. The van der Waals surface area contributed by atoms with E-state index in [4.69, 9.17) is 0 Å². The molecule has 16 heavy (non-hydrogen) atoms. The lowest BCUT2D eigenvalue weighted by Gasteiger charge is -2.44. The summed E-state index contributed by atoms with van der Waals surface area (Å²) in [5.74, 6) is -0.000761. The molecule has 1 amide bonds. The summed E-state index contributed by atoms with van der Waals surface area (Å²) in [6.45, 7) is 2.60. The molecule has 0 radical (unpaired) electrons. The van der Waals surface area contributed by atoms with Crippen LogP contribution in [0, 0.1) is 0 Å². The van der Waals surface area contributed by atoms with Gasteiger partial charge in [0.15, 0.2) is 0 Å². The molecule has 1 fully saturated rings. The molecule has 1 aromatic rings. The van der Waals surface area contributed by atoms with Crippen LogP contribution >= 0.6 is 11.8 Å². The maximum Gasteiger partial charge on any atom is 0.254 e. The summed E-state index contributed by atoms with van der Waals surface area (Å²) in [6, 6.07) is 7.55. The van der Waals surface area contributed by atoms with Crippen molar-refractivity contribution < 1.29 is 9.90 Å². The van der Waals surface area contributed by atoms with E-state index in [1.165, 1.54) is 0 Å². The molecule has 1 heterocycles. The standard InChI is InChI=1S/C12H15NO2S/c1-12(15)7-13(8-12)11(14)9-3-5-10(16-2)6-4-9/h3-6,15H,7-8H2,1-2H3. The molecular weight excluding hydrogens is 222 g/mol. The van der Waals surface area contributed by atoms with Gasteiger partial charge in [0.25, 0.3) is 5.91 Å². The molecule has 0 saturated carbocycles. The van der Waals surface area contributed by atoms with Crippen LogP contribution in [-0.4, -0.2) is 40.9 Å². The van der Waals surface area contributed by atoms with Crippen molar-refractivity contribution in [1.82, 2.24) is 4.90 Å². The summed E-state index contributed by atoms with van der Waals surface area (Å²) >= 11 is 1.65. The Morgan fingerprint density at radius 3 is 2.38 bits per heavy atom. The van der Waals surface area contributed by atoms with Gasteiger partial charge >= 0.3 is 0 Å². The first-order valence-corrected chi connectivity index (χ1v) is 6.40. The number of likely N-dealkylation sites (tertiary alicyclic amines) is 1. The van der Waals surface area contributed by atoms with Crippen LogP contribution in [-0.2, 0) is 0 Å². The monoisotopic (exact) mass is 237 g/mol. The van der Waals surface area contributed by atoms with Gasteiger partial charge in [-0.25, -0.2) is 0 Å². The number of carbonyl (C=O) groups excluding carboxylic acids is 1. The number of rotatable bonds is 2. The minimum Gasteiger partial charge on any atom is -0.386 e. The van der Waals surface area contributed by atoms with E-state index in [-0.39, 0.29) is 5.91 Å². The van der Waals surface area contributed by atoms with Crippen LogP contribution in [0.4, 0.5) is 0 Å². The lowest BCUT2D eigenvalue weighted by atomic mass is 9.96. The van der Waals surface area contributed by atoms with Gasteiger partial charge in [-0.05, 0) is 37.4 Å². The van der Waals surface area contributed by atoms with E-state index in [0.717, 1.165) is 4.90 Å². The van der Waals surface area contributed by atoms with Crippen molar-refractivity contribution in [3.8, 4) is 0 Å². The van der Waals surface area contributed by atoms with Crippen molar-refractivity contribution in [2.75, 3.05) is 19.3 Å². The fourth-order valence-electron chi connectivity index (χ4n) is 1.84. The molecule has 1 N–H and O–H groups in total. The quantitative estimate of drug-likeness (QED) is 0.795. The normalized spacial score (nSPS) is 18.1. The maximum atomic E-state index is 11.9. The van der Waals surface area contributed by atoms with E-state index in [0.29, 0.717) is 18.7 Å². The third-order valence-corrected chi connectivity index (χ3v) is 3.43. The molecule has 1 aromatic carbocycles. The van der Waals surface area contributed by atoms with Gasteiger partial charge in [0.1, 0.15) is 0 Å². The molecule has 1 saturated heterocycles. The number of hydrogen-bond acceptors (Lipinski definition) is 3. The van der Waals surface area contributed by atoms with Crippen LogP contribution in [0.5, 0.6) is 0 Å². The Bertz CT molecular complexity index is 392. The number of hydrogen-bond donors (Lipinski definition) is 1. The number of nitrogens with zero attached hydrogens (tertiary/aromatic N) is 1. The first-order valence-electron chi connectivity index (χ1n) is 5.17. The minimum absolute atomic E-state index is 0.000761. The third kappa shape index (κ3) is 2.23. The molecule has 3 nitrogen and oxygen atoms in total. The third-order valence-electron chi connectivity index (χ3n) is 2.69. The molecule has 0 bridgehead atoms. The zero-order valence-electron chi connectivity index (χ0n) is 9.43. The highest BCUT2D eigenvalue weighted by atomic mass is 32.2. The topological polar surface area (TPSA) is 40.5 Å². The van der Waals surface area contributed by atoms with Crippen LogP contribution in [0.25, 0.3) is 0 Å². The van der Waals surface area contributed by atoms with E-state index in [1.54, 1.807) is 23.6 Å². The van der Waals surface area contributed by atoms with E-state index in [2.05, 4.69) is 0 Å². The van der Waals surface area contributed by atoms with E-state index >= 15 is 0 Å². The lowest BCUT2D eigenvalue weighted by Crippen LogP contribution is -2.61. The molecule has 2 rings (SSSR count). The first-order chi connectivity index (χ1) is 7.52. The Morgan fingerprint density at radius 2 is 1.94 bits per heavy atom. The summed E-state index contributed by atoms with van der Waals surface area (Å²) in [5.41, 5.74) is -0.0113. The SMILES string of the molecule is CSc1ccc(C(=O)N2CC(C)(O)C2)cc1. The summed E-state index contributed by atoms with van der Waals surface area (Å²) in [7, 11) is 0. The number of benzene rings is 1. The summed E-state index contributed by atoms with van der Waals surface area (Å²) in [6.07, 6.45) is 2.00. The zero-order chi connectivity index (χ0) is 11.8. The average molecular weight is 237 g/mol. The molecule has 4 heteroatoms. The van der Waals surface area contributed by atoms with Crippen molar-refractivity contribution in [3.05, 3.63) is 29.8 Å². The molecule has 0 atom stereocenters. The number of aliphatic hydroxyl groups is 1. The van der Waals surface area contributed by atoms with Crippen molar-refractivity contribution >= 4 is 17.7 Å². The van der Waals surface area contributed by atoms with Gasteiger partial charge < -0.3 is 10.0 Å². The molecule has 0 aromatic heterocycles. The largest absolute Gasteiger partial charge is 0.386 e. The van der Waals surface area contributed by atoms with Gasteiger partial charge in [-0.3, -0.25) is 4.79 Å². The number of thioether (sulfide) groups is 1. The predicted octanol–water partition coefficient (Wildman–Crippen LogP) is 1.62. The maximum absolute atomic E-state index is 11.9.